The van der Waals surface area contributed by atoms with Crippen LogP contribution >= 0.6 is 0 Å². The standard InChI is InChI=1S/C15H18O2/c16-14-10-6-1-2-7-11-15(14,17)12-13-8-4-3-5-9-13/h3-6,8-10,17H,1-2,7,11-12H2/b10-6-. The molecule has 0 aromatic heterocycles. The summed E-state index contributed by atoms with van der Waals surface area (Å²) in [5.41, 5.74) is -0.199. The largest absolute Gasteiger partial charge is 0.381 e. The fourth-order valence-corrected chi connectivity index (χ4v) is 2.26. The molecule has 1 N–H and O–H groups in total. The average molecular weight is 230 g/mol. The molecule has 1 aliphatic rings. The highest BCUT2D eigenvalue weighted by Crippen LogP contribution is 2.24. The Morgan fingerprint density at radius 2 is 1.94 bits per heavy atom. The van der Waals surface area contributed by atoms with Crippen molar-refractivity contribution in [2.24, 2.45) is 0 Å². The zero-order valence-corrected chi connectivity index (χ0v) is 9.93. The van der Waals surface area contributed by atoms with Gasteiger partial charge in [0.25, 0.3) is 0 Å². The summed E-state index contributed by atoms with van der Waals surface area (Å²) in [6.45, 7) is 0. The van der Waals surface area contributed by atoms with Gasteiger partial charge >= 0.3 is 0 Å². The molecule has 0 spiro atoms. The second kappa shape index (κ2) is 5.28. The fraction of sp³-hybridized carbons (Fsp3) is 0.400. The van der Waals surface area contributed by atoms with Gasteiger partial charge in [0, 0.05) is 6.42 Å². The third kappa shape index (κ3) is 3.04. The van der Waals surface area contributed by atoms with E-state index in [0.29, 0.717) is 12.8 Å². The number of carbonyl (C=O) groups is 1. The Labute approximate surface area is 102 Å². The highest BCUT2D eigenvalue weighted by Gasteiger charge is 2.34. The SMILES string of the molecule is O=C1/C=C\CCCCC1(O)Cc1ccccc1. The summed E-state index contributed by atoms with van der Waals surface area (Å²) in [6, 6.07) is 9.71. The summed E-state index contributed by atoms with van der Waals surface area (Å²) < 4.78 is 0. The van der Waals surface area contributed by atoms with E-state index in [1.165, 1.54) is 0 Å². The van der Waals surface area contributed by atoms with Crippen molar-refractivity contribution in [2.75, 3.05) is 0 Å². The van der Waals surface area contributed by atoms with Crippen LogP contribution in [0.1, 0.15) is 31.2 Å². The van der Waals surface area contributed by atoms with Gasteiger partial charge in [-0.1, -0.05) is 36.4 Å². The molecule has 1 aromatic rings. The normalized spacial score (nSPS) is 27.2. The molecule has 1 aliphatic carbocycles. The van der Waals surface area contributed by atoms with E-state index in [1.807, 2.05) is 36.4 Å². The molecule has 0 radical (unpaired) electrons. The molecule has 2 heteroatoms. The van der Waals surface area contributed by atoms with Crippen LogP contribution in [0.3, 0.4) is 0 Å². The van der Waals surface area contributed by atoms with Gasteiger partial charge in [-0.2, -0.15) is 0 Å². The molecule has 0 saturated heterocycles. The monoisotopic (exact) mass is 230 g/mol. The van der Waals surface area contributed by atoms with Gasteiger partial charge < -0.3 is 5.11 Å². The number of carbonyl (C=O) groups excluding carboxylic acids is 1. The number of ketones is 1. The first-order valence-corrected chi connectivity index (χ1v) is 6.18. The number of hydrogen-bond donors (Lipinski definition) is 1. The Hall–Kier alpha value is -1.41. The van der Waals surface area contributed by atoms with E-state index in [0.717, 1.165) is 24.8 Å². The van der Waals surface area contributed by atoms with E-state index in [-0.39, 0.29) is 5.78 Å². The van der Waals surface area contributed by atoms with Crippen molar-refractivity contribution in [1.29, 1.82) is 0 Å². The Balaban J connectivity index is 2.18. The van der Waals surface area contributed by atoms with E-state index in [2.05, 4.69) is 0 Å². The van der Waals surface area contributed by atoms with Crippen molar-refractivity contribution in [3.63, 3.8) is 0 Å². The van der Waals surface area contributed by atoms with Crippen LogP contribution < -0.4 is 0 Å². The number of hydrogen-bond acceptors (Lipinski definition) is 2. The number of benzene rings is 1. The van der Waals surface area contributed by atoms with Crippen LogP contribution in [0.15, 0.2) is 42.5 Å². The maximum atomic E-state index is 12.0. The Kier molecular flexibility index (Phi) is 3.75. The lowest BCUT2D eigenvalue weighted by Gasteiger charge is -2.26. The van der Waals surface area contributed by atoms with Gasteiger partial charge in [0.05, 0.1) is 0 Å². The van der Waals surface area contributed by atoms with Crippen LogP contribution in [-0.2, 0) is 11.2 Å². The third-order valence-corrected chi connectivity index (χ3v) is 3.28. The quantitative estimate of drug-likeness (QED) is 0.848. The molecule has 1 unspecified atom stereocenters. The Morgan fingerprint density at radius 1 is 1.18 bits per heavy atom. The fourth-order valence-electron chi connectivity index (χ4n) is 2.26. The molecule has 2 nitrogen and oxygen atoms in total. The Morgan fingerprint density at radius 3 is 2.71 bits per heavy atom. The van der Waals surface area contributed by atoms with E-state index >= 15 is 0 Å². The molecule has 0 aliphatic heterocycles. The number of allylic oxidation sites excluding steroid dienone is 1. The molecule has 17 heavy (non-hydrogen) atoms. The molecule has 0 heterocycles. The van der Waals surface area contributed by atoms with Crippen molar-refractivity contribution in [2.45, 2.75) is 37.7 Å². The summed E-state index contributed by atoms with van der Waals surface area (Å²) in [7, 11) is 0. The molecule has 0 amide bonds. The van der Waals surface area contributed by atoms with Crippen molar-refractivity contribution in [3.8, 4) is 0 Å². The average Bonchev–Trinajstić information content (AvgIpc) is 2.33. The molecular weight excluding hydrogens is 212 g/mol. The smallest absolute Gasteiger partial charge is 0.187 e. The van der Waals surface area contributed by atoms with E-state index < -0.39 is 5.60 Å². The van der Waals surface area contributed by atoms with Gasteiger partial charge in [0.2, 0.25) is 0 Å². The van der Waals surface area contributed by atoms with Crippen molar-refractivity contribution in [3.05, 3.63) is 48.0 Å². The highest BCUT2D eigenvalue weighted by atomic mass is 16.3. The third-order valence-electron chi connectivity index (χ3n) is 3.28. The predicted molar refractivity (Wildman–Crippen MR) is 67.7 cm³/mol. The summed E-state index contributed by atoms with van der Waals surface area (Å²) in [5.74, 6) is -0.152. The Bertz CT molecular complexity index is 408. The van der Waals surface area contributed by atoms with Crippen LogP contribution in [-0.4, -0.2) is 16.5 Å². The van der Waals surface area contributed by atoms with Gasteiger partial charge in [-0.25, -0.2) is 0 Å². The van der Waals surface area contributed by atoms with Crippen LogP contribution in [0.5, 0.6) is 0 Å². The van der Waals surface area contributed by atoms with E-state index in [9.17, 15) is 9.90 Å². The molecule has 1 aromatic carbocycles. The van der Waals surface area contributed by atoms with Crippen molar-refractivity contribution >= 4 is 5.78 Å². The van der Waals surface area contributed by atoms with Crippen LogP contribution in [0, 0.1) is 0 Å². The van der Waals surface area contributed by atoms with Gasteiger partial charge in [0.15, 0.2) is 5.78 Å². The topological polar surface area (TPSA) is 37.3 Å². The minimum Gasteiger partial charge on any atom is -0.381 e. The van der Waals surface area contributed by atoms with Crippen LogP contribution in [0.4, 0.5) is 0 Å². The number of aliphatic hydroxyl groups is 1. The van der Waals surface area contributed by atoms with Gasteiger partial charge in [-0.15, -0.1) is 0 Å². The minimum atomic E-state index is -1.21. The molecule has 0 fully saturated rings. The maximum Gasteiger partial charge on any atom is 0.187 e. The summed E-state index contributed by atoms with van der Waals surface area (Å²) in [4.78, 5) is 12.0. The van der Waals surface area contributed by atoms with Gasteiger partial charge in [0.1, 0.15) is 5.60 Å². The lowest BCUT2D eigenvalue weighted by atomic mass is 9.84. The summed E-state index contributed by atoms with van der Waals surface area (Å²) in [6.07, 6.45) is 7.27. The molecule has 2 rings (SSSR count). The lowest BCUT2D eigenvalue weighted by Crippen LogP contribution is -2.40. The van der Waals surface area contributed by atoms with E-state index in [1.54, 1.807) is 6.08 Å². The molecule has 1 atom stereocenters. The van der Waals surface area contributed by atoms with Gasteiger partial charge in [-0.05, 0) is 37.3 Å². The first-order chi connectivity index (χ1) is 8.21. The van der Waals surface area contributed by atoms with Gasteiger partial charge in [-0.3, -0.25) is 4.79 Å². The first kappa shape index (κ1) is 12.1. The predicted octanol–water partition coefficient (Wildman–Crippen LogP) is 2.66. The highest BCUT2D eigenvalue weighted by molar-refractivity contribution is 5.97. The van der Waals surface area contributed by atoms with Crippen LogP contribution in [0.2, 0.25) is 0 Å². The summed E-state index contributed by atoms with van der Waals surface area (Å²) in [5, 5.41) is 10.5. The summed E-state index contributed by atoms with van der Waals surface area (Å²) >= 11 is 0. The number of rotatable bonds is 2. The zero-order chi connectivity index (χ0) is 12.1. The molecule has 0 bridgehead atoms. The maximum absolute atomic E-state index is 12.0. The second-order valence-electron chi connectivity index (χ2n) is 4.71. The molecule has 0 saturated carbocycles. The van der Waals surface area contributed by atoms with Crippen molar-refractivity contribution in [1.82, 2.24) is 0 Å². The first-order valence-electron chi connectivity index (χ1n) is 6.18. The molecule has 90 valence electrons. The van der Waals surface area contributed by atoms with Crippen LogP contribution in [0.25, 0.3) is 0 Å². The lowest BCUT2D eigenvalue weighted by molar-refractivity contribution is -0.133. The second-order valence-corrected chi connectivity index (χ2v) is 4.71. The minimum absolute atomic E-state index is 0.152. The molecular formula is C15H18O2. The van der Waals surface area contributed by atoms with E-state index in [4.69, 9.17) is 0 Å². The zero-order valence-electron chi connectivity index (χ0n) is 9.93. The van der Waals surface area contributed by atoms with Crippen molar-refractivity contribution < 1.29 is 9.90 Å².